The fourth-order valence-electron chi connectivity index (χ4n) is 5.30. The van der Waals surface area contributed by atoms with E-state index >= 15 is 0 Å². The van der Waals surface area contributed by atoms with E-state index < -0.39 is 5.97 Å². The number of halogens is 3. The minimum atomic E-state index is -1.15. The molecule has 11 heteroatoms. The Morgan fingerprint density at radius 2 is 1.77 bits per heavy atom. The fourth-order valence-corrected chi connectivity index (χ4v) is 5.82. The molecule has 8 nitrogen and oxygen atoms in total. The van der Waals surface area contributed by atoms with Gasteiger partial charge in [0.1, 0.15) is 0 Å². The van der Waals surface area contributed by atoms with Crippen molar-refractivity contribution in [1.82, 2.24) is 19.6 Å². The van der Waals surface area contributed by atoms with Crippen LogP contribution >= 0.6 is 34.8 Å². The Labute approximate surface area is 270 Å². The third kappa shape index (κ3) is 6.78. The lowest BCUT2D eigenvalue weighted by Gasteiger charge is -2.29. The Bertz CT molecular complexity index is 1720. The predicted octanol–water partition coefficient (Wildman–Crippen LogP) is 7.26. The molecule has 5 rings (SSSR count). The van der Waals surface area contributed by atoms with Crippen molar-refractivity contribution in [2.45, 2.75) is 45.2 Å². The number of carbonyl (C=O) groups excluding carboxylic acids is 2. The summed E-state index contributed by atoms with van der Waals surface area (Å²) in [5.74, 6) is -1.78. The summed E-state index contributed by atoms with van der Waals surface area (Å²) < 4.78 is 1.44. The van der Waals surface area contributed by atoms with Crippen molar-refractivity contribution in [2.75, 3.05) is 13.1 Å². The number of nitrogens with zero attached hydrogens (tertiary/aromatic N) is 4. The summed E-state index contributed by atoms with van der Waals surface area (Å²) >= 11 is 18.6. The van der Waals surface area contributed by atoms with Gasteiger partial charge in [0.2, 0.25) is 0 Å². The van der Waals surface area contributed by atoms with Crippen molar-refractivity contribution in [3.8, 4) is 5.69 Å². The highest BCUT2D eigenvalue weighted by Crippen LogP contribution is 2.27. The van der Waals surface area contributed by atoms with Crippen molar-refractivity contribution in [3.05, 3.63) is 116 Å². The monoisotopic (exact) mass is 652 g/mol. The molecule has 0 bridgehead atoms. The quantitative estimate of drug-likeness (QED) is 0.182. The van der Waals surface area contributed by atoms with Crippen LogP contribution in [-0.2, 0) is 25.4 Å². The van der Waals surface area contributed by atoms with Gasteiger partial charge in [0.15, 0.2) is 5.69 Å². The summed E-state index contributed by atoms with van der Waals surface area (Å²) in [6.45, 7) is 3.71. The molecule has 1 aliphatic rings. The van der Waals surface area contributed by atoms with Crippen LogP contribution in [0.5, 0.6) is 0 Å². The van der Waals surface area contributed by atoms with Crippen LogP contribution < -0.4 is 0 Å². The standard InChI is InChI=1S/C33H31Cl3N4O4/c1-2-3-13-38(18-21-8-10-27(35)28(36)15-21)32(42)30-25(17-34)20-40(37-30)29-11-9-23(33(43)44)16-26(29)31(41)39-14-12-22-6-4-5-7-24(22)19-39/h4-11,15-16,20H,2-3,12-14,17-19H2,1H3,(H,43,44). The zero-order valence-electron chi connectivity index (χ0n) is 24.1. The van der Waals surface area contributed by atoms with Crippen LogP contribution in [0, 0.1) is 0 Å². The van der Waals surface area contributed by atoms with Crippen molar-refractivity contribution in [3.63, 3.8) is 0 Å². The average molecular weight is 654 g/mol. The molecule has 4 aromatic rings. The Morgan fingerprint density at radius 3 is 2.48 bits per heavy atom. The van der Waals surface area contributed by atoms with Gasteiger partial charge in [-0.25, -0.2) is 9.48 Å². The fraction of sp³-hybridized carbons (Fsp3) is 0.273. The van der Waals surface area contributed by atoms with E-state index in [4.69, 9.17) is 34.8 Å². The van der Waals surface area contributed by atoms with E-state index in [0.717, 1.165) is 24.0 Å². The van der Waals surface area contributed by atoms with E-state index in [1.54, 1.807) is 34.2 Å². The normalized spacial score (nSPS) is 12.6. The van der Waals surface area contributed by atoms with Gasteiger partial charge in [0.05, 0.1) is 32.7 Å². The summed E-state index contributed by atoms with van der Waals surface area (Å²) in [5, 5.41) is 15.2. The first-order valence-corrected chi connectivity index (χ1v) is 15.6. The number of carboxylic acids is 1. The predicted molar refractivity (Wildman–Crippen MR) is 171 cm³/mol. The van der Waals surface area contributed by atoms with Crippen LogP contribution in [0.2, 0.25) is 10.0 Å². The summed E-state index contributed by atoms with van der Waals surface area (Å²) in [7, 11) is 0. The maximum atomic E-state index is 13.9. The number of carbonyl (C=O) groups is 3. The molecule has 0 saturated heterocycles. The van der Waals surface area contributed by atoms with Gasteiger partial charge in [-0.1, -0.05) is 66.9 Å². The molecule has 1 aromatic heterocycles. The molecule has 0 saturated carbocycles. The van der Waals surface area contributed by atoms with Gasteiger partial charge >= 0.3 is 5.97 Å². The lowest BCUT2D eigenvalue weighted by Crippen LogP contribution is -2.36. The number of fused-ring (bicyclic) bond motifs is 1. The summed E-state index contributed by atoms with van der Waals surface area (Å²) in [6.07, 6.45) is 3.97. The van der Waals surface area contributed by atoms with Gasteiger partial charge in [-0.2, -0.15) is 5.10 Å². The third-order valence-electron chi connectivity index (χ3n) is 7.70. The first kappa shape index (κ1) is 31.6. The number of hydrogen-bond acceptors (Lipinski definition) is 4. The summed E-state index contributed by atoms with van der Waals surface area (Å²) in [5.41, 5.74) is 4.20. The molecule has 0 atom stereocenters. The molecule has 3 aromatic carbocycles. The number of hydrogen-bond donors (Lipinski definition) is 1. The first-order chi connectivity index (χ1) is 21.2. The lowest BCUT2D eigenvalue weighted by atomic mass is 9.98. The Morgan fingerprint density at radius 1 is 1.00 bits per heavy atom. The molecule has 0 spiro atoms. The van der Waals surface area contributed by atoms with Gasteiger partial charge in [-0.3, -0.25) is 9.59 Å². The smallest absolute Gasteiger partial charge is 0.335 e. The van der Waals surface area contributed by atoms with Crippen molar-refractivity contribution in [2.24, 2.45) is 0 Å². The summed E-state index contributed by atoms with van der Waals surface area (Å²) in [4.78, 5) is 43.1. The van der Waals surface area contributed by atoms with Crippen LogP contribution in [0.3, 0.4) is 0 Å². The number of aromatic carboxylic acids is 1. The van der Waals surface area contributed by atoms with Crippen LogP contribution in [-0.4, -0.2) is 55.6 Å². The van der Waals surface area contributed by atoms with Crippen LogP contribution in [0.1, 0.15) is 73.2 Å². The maximum absolute atomic E-state index is 13.9. The number of amides is 2. The second-order valence-electron chi connectivity index (χ2n) is 10.7. The highest BCUT2D eigenvalue weighted by molar-refractivity contribution is 6.42. The maximum Gasteiger partial charge on any atom is 0.335 e. The molecule has 1 aliphatic heterocycles. The van der Waals surface area contributed by atoms with Crippen molar-refractivity contribution in [1.29, 1.82) is 0 Å². The molecule has 2 heterocycles. The molecular formula is C33H31Cl3N4O4. The highest BCUT2D eigenvalue weighted by Gasteiger charge is 2.28. The third-order valence-corrected chi connectivity index (χ3v) is 8.73. The molecule has 228 valence electrons. The molecule has 1 N–H and O–H groups in total. The molecule has 2 amide bonds. The second kappa shape index (κ2) is 13.8. The number of carboxylic acid groups (broad SMARTS) is 1. The van der Waals surface area contributed by atoms with E-state index in [1.165, 1.54) is 22.4 Å². The molecule has 0 aliphatic carbocycles. The number of alkyl halides is 1. The van der Waals surface area contributed by atoms with Gasteiger partial charge in [-0.15, -0.1) is 11.6 Å². The molecule has 44 heavy (non-hydrogen) atoms. The SMILES string of the molecule is CCCCN(Cc1ccc(Cl)c(Cl)c1)C(=O)c1nn(-c2ccc(C(=O)O)cc2C(=O)N2CCc3ccccc3C2)cc1CCl. The van der Waals surface area contributed by atoms with Crippen LogP contribution in [0.15, 0.2) is 66.9 Å². The highest BCUT2D eigenvalue weighted by atomic mass is 35.5. The molecule has 0 fully saturated rings. The van der Waals surface area contributed by atoms with Gasteiger partial charge in [0.25, 0.3) is 11.8 Å². The number of rotatable bonds is 10. The zero-order chi connectivity index (χ0) is 31.4. The average Bonchev–Trinajstić information content (AvgIpc) is 3.48. The van der Waals surface area contributed by atoms with E-state index in [2.05, 4.69) is 11.2 Å². The molecule has 0 unspecified atom stereocenters. The van der Waals surface area contributed by atoms with E-state index in [0.29, 0.717) is 47.4 Å². The second-order valence-corrected chi connectivity index (χ2v) is 11.8. The van der Waals surface area contributed by atoms with Gasteiger partial charge < -0.3 is 14.9 Å². The van der Waals surface area contributed by atoms with Crippen LogP contribution in [0.4, 0.5) is 0 Å². The Hall–Kier alpha value is -3.85. The van der Waals surface area contributed by atoms with Crippen molar-refractivity contribution < 1.29 is 19.5 Å². The minimum absolute atomic E-state index is 0.00879. The molecule has 0 radical (unpaired) electrons. The van der Waals surface area contributed by atoms with Gasteiger partial charge in [0, 0.05) is 37.9 Å². The van der Waals surface area contributed by atoms with Gasteiger partial charge in [-0.05, 0) is 59.9 Å². The summed E-state index contributed by atoms with van der Waals surface area (Å²) in [6, 6.07) is 17.5. The largest absolute Gasteiger partial charge is 0.478 e. The van der Waals surface area contributed by atoms with Crippen molar-refractivity contribution >= 4 is 52.6 Å². The lowest BCUT2D eigenvalue weighted by molar-refractivity contribution is 0.0695. The first-order valence-electron chi connectivity index (χ1n) is 14.3. The Balaban J connectivity index is 1.50. The van der Waals surface area contributed by atoms with E-state index in [9.17, 15) is 19.5 Å². The zero-order valence-corrected chi connectivity index (χ0v) is 26.4. The minimum Gasteiger partial charge on any atom is -0.478 e. The number of aromatic nitrogens is 2. The van der Waals surface area contributed by atoms with Crippen LogP contribution in [0.25, 0.3) is 5.69 Å². The number of benzene rings is 3. The molecular weight excluding hydrogens is 623 g/mol. The number of unbranched alkanes of at least 4 members (excludes halogenated alkanes) is 1. The van der Waals surface area contributed by atoms with E-state index in [1.807, 2.05) is 31.2 Å². The topological polar surface area (TPSA) is 95.7 Å². The Kier molecular flexibility index (Phi) is 9.93. The van der Waals surface area contributed by atoms with E-state index in [-0.39, 0.29) is 41.1 Å².